The van der Waals surface area contributed by atoms with Gasteiger partial charge in [0, 0.05) is 29.6 Å². The van der Waals surface area contributed by atoms with Crippen LogP contribution >= 0.6 is 0 Å². The average molecular weight is 677 g/mol. The number of methoxy groups -OCH3 is 1. The summed E-state index contributed by atoms with van der Waals surface area (Å²) in [5.41, 5.74) is 1.80. The zero-order chi connectivity index (χ0) is 35.3. The number of rotatable bonds is 16. The lowest BCUT2D eigenvalue weighted by atomic mass is 9.78. The van der Waals surface area contributed by atoms with Gasteiger partial charge in [0.1, 0.15) is 19.0 Å². The van der Waals surface area contributed by atoms with Gasteiger partial charge in [0.25, 0.3) is 0 Å². The summed E-state index contributed by atoms with van der Waals surface area (Å²) in [7, 11) is -2.23. The summed E-state index contributed by atoms with van der Waals surface area (Å²) < 4.78 is 39.5. The van der Waals surface area contributed by atoms with Crippen LogP contribution in [-0.4, -0.2) is 55.8 Å². The average Bonchev–Trinajstić information content (AvgIpc) is 2.95. The first-order chi connectivity index (χ1) is 21.1. The van der Waals surface area contributed by atoms with E-state index in [1.165, 1.54) is 0 Å². The van der Waals surface area contributed by atoms with Crippen molar-refractivity contribution >= 4 is 16.6 Å². The van der Waals surface area contributed by atoms with Crippen molar-refractivity contribution in [3.63, 3.8) is 0 Å². The summed E-state index contributed by atoms with van der Waals surface area (Å²) in [5, 5.41) is 0.280. The molecule has 1 aliphatic rings. The van der Waals surface area contributed by atoms with Crippen LogP contribution in [-0.2, 0) is 13.6 Å². The number of benzene rings is 1. The number of ether oxygens (including phenoxy) is 4. The van der Waals surface area contributed by atoms with Crippen molar-refractivity contribution in [3.05, 3.63) is 42.5 Å². The molecule has 0 bridgehead atoms. The van der Waals surface area contributed by atoms with Crippen LogP contribution in [0.5, 0.6) is 17.2 Å². The van der Waals surface area contributed by atoms with E-state index in [4.69, 9.17) is 27.8 Å². The Bertz CT molecular complexity index is 1150. The second-order valence-electron chi connectivity index (χ2n) is 16.6. The summed E-state index contributed by atoms with van der Waals surface area (Å²) in [6.45, 7) is 41.3. The van der Waals surface area contributed by atoms with Crippen molar-refractivity contribution in [2.75, 3.05) is 26.9 Å². The molecule has 1 saturated heterocycles. The highest BCUT2D eigenvalue weighted by molar-refractivity contribution is 6.74. The highest BCUT2D eigenvalue weighted by Crippen LogP contribution is 2.51. The van der Waals surface area contributed by atoms with Gasteiger partial charge in [0.2, 0.25) is 0 Å². The maximum atomic E-state index is 7.29. The van der Waals surface area contributed by atoms with Gasteiger partial charge in [0.05, 0.1) is 25.4 Å². The molecule has 0 aromatic heterocycles. The summed E-state index contributed by atoms with van der Waals surface area (Å²) in [6, 6.07) is 2.08. The van der Waals surface area contributed by atoms with Gasteiger partial charge in [-0.3, -0.25) is 0 Å². The SMILES string of the molecule is C=CCOc1cc([C@@H]2O[C@H](CC[C@H](C)CO[Si](C)(C)C(C)(C)C)[C@H](C)[C@H](O[Si](C)(C)C(C)(C)C)[C@H]2C)c(OCC=C)c(OC)c1C. The number of hydrogen-bond donors (Lipinski definition) is 0. The van der Waals surface area contributed by atoms with E-state index < -0.39 is 16.6 Å². The van der Waals surface area contributed by atoms with Gasteiger partial charge in [-0.1, -0.05) is 87.6 Å². The van der Waals surface area contributed by atoms with Crippen LogP contribution in [0.4, 0.5) is 0 Å². The second kappa shape index (κ2) is 16.2. The summed E-state index contributed by atoms with van der Waals surface area (Å²) in [6.07, 6.45) is 5.19. The lowest BCUT2D eigenvalue weighted by molar-refractivity contribution is -0.165. The zero-order valence-corrected chi connectivity index (χ0v) is 34.1. The Morgan fingerprint density at radius 1 is 0.891 bits per heavy atom. The van der Waals surface area contributed by atoms with E-state index in [-0.39, 0.29) is 40.2 Å². The monoisotopic (exact) mass is 676 g/mol. The molecule has 0 radical (unpaired) electrons. The minimum absolute atomic E-state index is 0.00313. The topological polar surface area (TPSA) is 55.4 Å². The van der Waals surface area contributed by atoms with Gasteiger partial charge in [-0.15, -0.1) is 0 Å². The van der Waals surface area contributed by atoms with Crippen molar-refractivity contribution in [3.8, 4) is 17.2 Å². The molecule has 264 valence electrons. The van der Waals surface area contributed by atoms with Crippen molar-refractivity contribution in [2.45, 2.75) is 137 Å². The molecule has 0 saturated carbocycles. The molecule has 1 aliphatic heterocycles. The fourth-order valence-corrected chi connectivity index (χ4v) is 8.19. The largest absolute Gasteiger partial charge is 0.492 e. The highest BCUT2D eigenvalue weighted by atomic mass is 28.4. The van der Waals surface area contributed by atoms with E-state index in [0.717, 1.165) is 36.3 Å². The van der Waals surface area contributed by atoms with Gasteiger partial charge in [-0.2, -0.15) is 0 Å². The van der Waals surface area contributed by atoms with Crippen molar-refractivity contribution in [1.82, 2.24) is 0 Å². The van der Waals surface area contributed by atoms with Gasteiger partial charge >= 0.3 is 0 Å². The first-order valence-corrected chi connectivity index (χ1v) is 23.1. The van der Waals surface area contributed by atoms with E-state index >= 15 is 0 Å². The summed E-state index contributed by atoms with van der Waals surface area (Å²) >= 11 is 0. The molecule has 8 heteroatoms. The Morgan fingerprint density at radius 2 is 1.46 bits per heavy atom. The predicted octanol–water partition coefficient (Wildman–Crippen LogP) is 10.7. The fraction of sp³-hybridized carbons (Fsp3) is 0.737. The molecule has 0 N–H and O–H groups in total. The van der Waals surface area contributed by atoms with E-state index in [1.807, 2.05) is 6.92 Å². The standard InChI is InChI=1S/C38H68O6Si2/c1-18-22-40-32-24-30(36(41-23-19-2)35(39-13)28(32)5)34-29(6)33(44-46(16,17)38(10,11)12)27(4)31(43-34)21-20-26(3)25-42-45(14,15)37(7,8)9/h18-19,24,26-27,29,31,33-34H,1-2,20-23,25H2,3-17H3/t26-,27-,29+,31+,33-,34+/m0/s1. The molecular formula is C38H68O6Si2. The van der Waals surface area contributed by atoms with Gasteiger partial charge in [0.15, 0.2) is 28.1 Å². The minimum Gasteiger partial charge on any atom is -0.492 e. The third-order valence-electron chi connectivity index (χ3n) is 10.8. The van der Waals surface area contributed by atoms with Gasteiger partial charge < -0.3 is 27.8 Å². The van der Waals surface area contributed by atoms with E-state index in [0.29, 0.717) is 30.6 Å². The van der Waals surface area contributed by atoms with Crippen molar-refractivity contribution in [2.24, 2.45) is 17.8 Å². The highest BCUT2D eigenvalue weighted by Gasteiger charge is 2.49. The first-order valence-electron chi connectivity index (χ1n) is 17.3. The zero-order valence-electron chi connectivity index (χ0n) is 32.1. The second-order valence-corrected chi connectivity index (χ2v) is 26.1. The molecule has 1 heterocycles. The number of hydrogen-bond acceptors (Lipinski definition) is 6. The third kappa shape index (κ3) is 9.74. The first kappa shape index (κ1) is 40.6. The smallest absolute Gasteiger partial charge is 0.192 e. The molecule has 2 rings (SSSR count). The third-order valence-corrected chi connectivity index (χ3v) is 19.8. The van der Waals surface area contributed by atoms with Crippen LogP contribution in [0.3, 0.4) is 0 Å². The van der Waals surface area contributed by atoms with Crippen molar-refractivity contribution < 1.29 is 27.8 Å². The molecule has 0 amide bonds. The van der Waals surface area contributed by atoms with Crippen LogP contribution in [0.15, 0.2) is 31.4 Å². The van der Waals surface area contributed by atoms with Gasteiger partial charge in [-0.25, -0.2) is 0 Å². The molecular weight excluding hydrogens is 609 g/mol. The van der Waals surface area contributed by atoms with Gasteiger partial charge in [-0.05, 0) is 68.0 Å². The Kier molecular flexibility index (Phi) is 14.3. The van der Waals surface area contributed by atoms with E-state index in [2.05, 4.69) is 108 Å². The molecule has 1 fully saturated rings. The Balaban J connectivity index is 2.57. The maximum absolute atomic E-state index is 7.29. The fourth-order valence-electron chi connectivity index (χ4n) is 5.59. The normalized spacial score (nSPS) is 23.5. The molecule has 0 spiro atoms. The Hall–Kier alpha value is -1.59. The molecule has 1 aromatic carbocycles. The Labute approximate surface area is 284 Å². The summed E-state index contributed by atoms with van der Waals surface area (Å²) in [5.74, 6) is 2.77. The summed E-state index contributed by atoms with van der Waals surface area (Å²) in [4.78, 5) is 0. The Morgan fingerprint density at radius 3 is 1.98 bits per heavy atom. The molecule has 6 nitrogen and oxygen atoms in total. The van der Waals surface area contributed by atoms with Crippen molar-refractivity contribution in [1.29, 1.82) is 0 Å². The van der Waals surface area contributed by atoms with Crippen LogP contribution in [0.1, 0.15) is 92.4 Å². The molecule has 46 heavy (non-hydrogen) atoms. The molecule has 6 atom stereocenters. The van der Waals surface area contributed by atoms with Crippen LogP contribution < -0.4 is 14.2 Å². The minimum atomic E-state index is -2.10. The van der Waals surface area contributed by atoms with E-state index in [1.54, 1.807) is 19.3 Å². The molecule has 0 aliphatic carbocycles. The van der Waals surface area contributed by atoms with Crippen LogP contribution in [0.2, 0.25) is 36.3 Å². The quantitative estimate of drug-likeness (QED) is 0.128. The maximum Gasteiger partial charge on any atom is 0.192 e. The van der Waals surface area contributed by atoms with Crippen LogP contribution in [0, 0.1) is 24.7 Å². The molecule has 1 aromatic rings. The molecule has 0 unspecified atom stereocenters. The van der Waals surface area contributed by atoms with E-state index in [9.17, 15) is 0 Å². The lowest BCUT2D eigenvalue weighted by Gasteiger charge is -2.50. The van der Waals surface area contributed by atoms with Crippen LogP contribution in [0.25, 0.3) is 0 Å². The predicted molar refractivity (Wildman–Crippen MR) is 199 cm³/mol. The lowest BCUT2D eigenvalue weighted by Crippen LogP contribution is -2.53.